The van der Waals surface area contributed by atoms with Gasteiger partial charge >= 0.3 is 0 Å². The number of aromatic nitrogens is 4. The Balaban J connectivity index is 1.26. The van der Waals surface area contributed by atoms with Crippen LogP contribution < -0.4 is 0 Å². The first-order valence-corrected chi connectivity index (χ1v) is 19.2. The fraction of sp³-hybridized carbons (Fsp3) is 0. The van der Waals surface area contributed by atoms with Crippen molar-refractivity contribution in [2.24, 2.45) is 0 Å². The Morgan fingerprint density at radius 1 is 0.429 bits per heavy atom. The van der Waals surface area contributed by atoms with Crippen LogP contribution in [0.3, 0.4) is 0 Å². The lowest BCUT2D eigenvalue weighted by Crippen LogP contribution is -2.01. The number of fused-ring (bicyclic) bond motifs is 6. The van der Waals surface area contributed by atoms with E-state index in [0.29, 0.717) is 17.2 Å². The van der Waals surface area contributed by atoms with Crippen molar-refractivity contribution in [3.63, 3.8) is 0 Å². The van der Waals surface area contributed by atoms with Gasteiger partial charge in [-0.25, -0.2) is 15.0 Å². The van der Waals surface area contributed by atoms with E-state index in [1.165, 1.54) is 0 Å². The summed E-state index contributed by atoms with van der Waals surface area (Å²) in [6, 6.07) is 54.0. The van der Waals surface area contributed by atoms with Crippen LogP contribution in [0, 0.1) is 0 Å². The van der Waals surface area contributed by atoms with Crippen molar-refractivity contribution in [3.8, 4) is 62.1 Å². The van der Waals surface area contributed by atoms with E-state index >= 15 is 0 Å². The third-order valence-corrected chi connectivity index (χ3v) is 11.5. The summed E-state index contributed by atoms with van der Waals surface area (Å²) < 4.78 is 47.4. The quantitative estimate of drug-likeness (QED) is 0.171. The van der Waals surface area contributed by atoms with Gasteiger partial charge in [-0.05, 0) is 58.7 Å². The molecular formula is C51H32N4S. The molecule has 0 fully saturated rings. The highest BCUT2D eigenvalue weighted by atomic mass is 32.1. The largest absolute Gasteiger partial charge is 0.309 e. The number of rotatable bonds is 6. The molecule has 11 rings (SSSR count). The third-order valence-electron chi connectivity index (χ3n) is 10.3. The Bertz CT molecular complexity index is 3470. The summed E-state index contributed by atoms with van der Waals surface area (Å²) in [5.41, 5.74) is 8.78. The summed E-state index contributed by atoms with van der Waals surface area (Å²) in [5, 5.41) is 4.37. The Hall–Kier alpha value is -7.21. The molecule has 0 aliphatic rings. The zero-order valence-corrected chi connectivity index (χ0v) is 30.6. The van der Waals surface area contributed by atoms with Gasteiger partial charge in [0.2, 0.25) is 0 Å². The van der Waals surface area contributed by atoms with Gasteiger partial charge in [-0.2, -0.15) is 0 Å². The van der Waals surface area contributed by atoms with Crippen molar-refractivity contribution in [1.29, 1.82) is 0 Å². The second-order valence-electron chi connectivity index (χ2n) is 13.6. The minimum Gasteiger partial charge on any atom is -0.309 e. The first-order valence-electron chi connectivity index (χ1n) is 20.9. The number of benzene rings is 8. The lowest BCUT2D eigenvalue weighted by atomic mass is 9.95. The van der Waals surface area contributed by atoms with Crippen molar-refractivity contribution >= 4 is 53.3 Å². The first kappa shape index (κ1) is 27.4. The minimum absolute atomic E-state index is 0.00389. The Morgan fingerprint density at radius 2 is 1.02 bits per heavy atom. The molecular weight excluding hydrogens is 701 g/mol. The molecule has 3 heterocycles. The molecule has 262 valence electrons. The predicted octanol–water partition coefficient (Wildman–Crippen LogP) is 13.7. The van der Waals surface area contributed by atoms with Crippen LogP contribution in [-0.4, -0.2) is 19.5 Å². The summed E-state index contributed by atoms with van der Waals surface area (Å²) in [7, 11) is 0. The van der Waals surface area contributed by atoms with Gasteiger partial charge in [-0.3, -0.25) is 0 Å². The average molecular weight is 738 g/mol. The number of thiophene rings is 1. The Labute approximate surface area is 334 Å². The smallest absolute Gasteiger partial charge is 0.165 e. The molecule has 0 aliphatic carbocycles. The molecule has 4 nitrogen and oxygen atoms in total. The number of hydrogen-bond acceptors (Lipinski definition) is 4. The molecule has 0 atom stereocenters. The fourth-order valence-electron chi connectivity index (χ4n) is 7.83. The molecule has 0 saturated heterocycles. The maximum absolute atomic E-state index is 8.91. The first-order chi connectivity index (χ1) is 29.8. The van der Waals surface area contributed by atoms with Crippen LogP contribution in [0.4, 0.5) is 0 Å². The van der Waals surface area contributed by atoms with Crippen LogP contribution in [0.5, 0.6) is 0 Å². The third kappa shape index (κ3) is 5.40. The molecule has 0 radical (unpaired) electrons. The van der Waals surface area contributed by atoms with Gasteiger partial charge in [0.25, 0.3) is 0 Å². The van der Waals surface area contributed by atoms with E-state index in [1.807, 2.05) is 36.4 Å². The molecule has 0 aliphatic heterocycles. The van der Waals surface area contributed by atoms with Gasteiger partial charge in [0.1, 0.15) is 0 Å². The highest BCUT2D eigenvalue weighted by Gasteiger charge is 2.22. The second kappa shape index (κ2) is 13.3. The summed E-state index contributed by atoms with van der Waals surface area (Å²) >= 11 is 1.65. The topological polar surface area (TPSA) is 43.6 Å². The molecule has 0 N–H and O–H groups in total. The summed E-state index contributed by atoms with van der Waals surface area (Å²) in [6.07, 6.45) is 0. The average Bonchev–Trinajstić information content (AvgIpc) is 3.86. The summed E-state index contributed by atoms with van der Waals surface area (Å²) in [4.78, 5) is 15.0. The fourth-order valence-corrected chi connectivity index (χ4v) is 9.05. The van der Waals surface area contributed by atoms with Gasteiger partial charge < -0.3 is 4.57 Å². The maximum atomic E-state index is 8.91. The standard InChI is InChI=1S/C51H32N4S/c1-4-16-33(17-5-1)36-22-14-23-37(30-36)39-26-15-29-46-47(39)42-31-38(55-44-27-12-10-24-40(44)41-25-11-13-28-45(41)55)32-43(48(42)56-46)51-53-49(34-18-6-2-7-19-34)52-50(54-51)35-20-8-3-9-21-35/h1-32H/i2D,6D,7D,18D,19D. The van der Waals surface area contributed by atoms with E-state index in [-0.39, 0.29) is 23.5 Å². The summed E-state index contributed by atoms with van der Waals surface area (Å²) in [5.74, 6) is 0.639. The molecule has 0 amide bonds. The zero-order chi connectivity index (χ0) is 41.4. The normalized spacial score (nSPS) is 12.8. The van der Waals surface area contributed by atoms with Crippen molar-refractivity contribution in [1.82, 2.24) is 19.5 Å². The SMILES string of the molecule is [2H]c1c([2H])c([2H])c(-c2nc(-c3ccccc3)nc(-c3cc(-n4c5ccccc5c5ccccc54)cc4c3sc3cccc(-c5cccc(-c6ccccc6)c5)c34)n2)c([2H])c1[2H]. The number of para-hydroxylation sites is 2. The molecule has 0 unspecified atom stereocenters. The highest BCUT2D eigenvalue weighted by molar-refractivity contribution is 7.26. The van der Waals surface area contributed by atoms with Crippen LogP contribution in [-0.2, 0) is 0 Å². The van der Waals surface area contributed by atoms with E-state index in [0.717, 1.165) is 75.5 Å². The van der Waals surface area contributed by atoms with E-state index in [9.17, 15) is 0 Å². The molecule has 5 heteroatoms. The van der Waals surface area contributed by atoms with E-state index in [2.05, 4.69) is 132 Å². The molecule has 0 spiro atoms. The predicted molar refractivity (Wildman–Crippen MR) is 234 cm³/mol. The Morgan fingerprint density at radius 3 is 1.75 bits per heavy atom. The summed E-state index contributed by atoms with van der Waals surface area (Å²) in [6.45, 7) is 0. The van der Waals surface area contributed by atoms with Crippen molar-refractivity contribution in [3.05, 3.63) is 194 Å². The minimum atomic E-state index is -0.479. The lowest BCUT2D eigenvalue weighted by Gasteiger charge is -2.13. The van der Waals surface area contributed by atoms with Crippen molar-refractivity contribution in [2.45, 2.75) is 0 Å². The van der Waals surface area contributed by atoms with Gasteiger partial charge in [0, 0.05) is 53.3 Å². The van der Waals surface area contributed by atoms with Crippen LogP contribution >= 0.6 is 11.3 Å². The maximum Gasteiger partial charge on any atom is 0.165 e. The highest BCUT2D eigenvalue weighted by Crippen LogP contribution is 2.46. The molecule has 8 aromatic carbocycles. The van der Waals surface area contributed by atoms with Crippen molar-refractivity contribution < 1.29 is 6.85 Å². The van der Waals surface area contributed by atoms with Crippen LogP contribution in [0.15, 0.2) is 194 Å². The van der Waals surface area contributed by atoms with Gasteiger partial charge in [0.05, 0.1) is 17.9 Å². The number of nitrogens with zero attached hydrogens (tertiary/aromatic N) is 4. The van der Waals surface area contributed by atoms with Gasteiger partial charge in [0.15, 0.2) is 17.5 Å². The molecule has 0 saturated carbocycles. The number of hydrogen-bond donors (Lipinski definition) is 0. The van der Waals surface area contributed by atoms with Crippen molar-refractivity contribution in [2.75, 3.05) is 0 Å². The molecule has 56 heavy (non-hydrogen) atoms. The molecule has 0 bridgehead atoms. The van der Waals surface area contributed by atoms with E-state index in [4.69, 9.17) is 21.8 Å². The Kier molecular flexibility index (Phi) is 6.49. The second-order valence-corrected chi connectivity index (χ2v) is 14.7. The van der Waals surface area contributed by atoms with E-state index in [1.54, 1.807) is 11.3 Å². The van der Waals surface area contributed by atoms with Crippen LogP contribution in [0.2, 0.25) is 0 Å². The van der Waals surface area contributed by atoms with Gasteiger partial charge in [-0.1, -0.05) is 158 Å². The van der Waals surface area contributed by atoms with Gasteiger partial charge in [-0.15, -0.1) is 11.3 Å². The monoisotopic (exact) mass is 737 g/mol. The van der Waals surface area contributed by atoms with Crippen LogP contribution in [0.1, 0.15) is 6.85 Å². The van der Waals surface area contributed by atoms with Crippen LogP contribution in [0.25, 0.3) is 104 Å². The zero-order valence-electron chi connectivity index (χ0n) is 34.8. The molecule has 3 aromatic heterocycles. The lowest BCUT2D eigenvalue weighted by molar-refractivity contribution is 1.07. The molecule has 11 aromatic rings. The van der Waals surface area contributed by atoms with E-state index < -0.39 is 18.1 Å².